The van der Waals surface area contributed by atoms with Gasteiger partial charge in [0.1, 0.15) is 0 Å². The molecule has 0 saturated heterocycles. The molecule has 0 radical (unpaired) electrons. The third kappa shape index (κ3) is 2.58. The highest BCUT2D eigenvalue weighted by atomic mass is 79.9. The standard InChI is InChI=1S/C7H11BrN2O2/c1-11-7(12-2)5-10-4-6(8)3-9-10/h3-4,7H,5H2,1-2H3. The van der Waals surface area contributed by atoms with Crippen LogP contribution < -0.4 is 0 Å². The Morgan fingerprint density at radius 1 is 1.58 bits per heavy atom. The number of halogens is 1. The molecule has 0 spiro atoms. The molecule has 0 aliphatic carbocycles. The molecule has 0 aromatic carbocycles. The SMILES string of the molecule is COC(Cn1cc(Br)cn1)OC. The van der Waals surface area contributed by atoms with E-state index >= 15 is 0 Å². The number of methoxy groups -OCH3 is 2. The van der Waals surface area contributed by atoms with Gasteiger partial charge in [-0.3, -0.25) is 4.68 Å². The van der Waals surface area contributed by atoms with Crippen LogP contribution in [0.4, 0.5) is 0 Å². The maximum atomic E-state index is 5.01. The summed E-state index contributed by atoms with van der Waals surface area (Å²) in [6.45, 7) is 0.596. The van der Waals surface area contributed by atoms with Gasteiger partial charge in [-0.15, -0.1) is 0 Å². The van der Waals surface area contributed by atoms with E-state index in [1.165, 1.54) is 0 Å². The molecule has 68 valence electrons. The minimum Gasteiger partial charge on any atom is -0.354 e. The first kappa shape index (κ1) is 9.70. The normalized spacial score (nSPS) is 11.0. The fraction of sp³-hybridized carbons (Fsp3) is 0.571. The van der Waals surface area contributed by atoms with Gasteiger partial charge < -0.3 is 9.47 Å². The van der Waals surface area contributed by atoms with Crippen molar-refractivity contribution in [3.8, 4) is 0 Å². The van der Waals surface area contributed by atoms with Gasteiger partial charge in [0.05, 0.1) is 17.2 Å². The number of ether oxygens (including phenoxy) is 2. The lowest BCUT2D eigenvalue weighted by molar-refractivity contribution is -0.112. The summed E-state index contributed by atoms with van der Waals surface area (Å²) < 4.78 is 12.7. The smallest absolute Gasteiger partial charge is 0.176 e. The van der Waals surface area contributed by atoms with Crippen molar-refractivity contribution in [3.05, 3.63) is 16.9 Å². The predicted molar refractivity (Wildman–Crippen MR) is 47.7 cm³/mol. The molecule has 0 unspecified atom stereocenters. The minimum atomic E-state index is -0.239. The van der Waals surface area contributed by atoms with Crippen LogP contribution in [-0.2, 0) is 16.0 Å². The molecule has 0 atom stereocenters. The van der Waals surface area contributed by atoms with Gasteiger partial charge >= 0.3 is 0 Å². The average molecular weight is 235 g/mol. The largest absolute Gasteiger partial charge is 0.354 e. The first-order valence-corrected chi connectivity index (χ1v) is 4.29. The second-order valence-electron chi connectivity index (χ2n) is 2.28. The van der Waals surface area contributed by atoms with E-state index in [2.05, 4.69) is 21.0 Å². The lowest BCUT2D eigenvalue weighted by Gasteiger charge is -2.12. The summed E-state index contributed by atoms with van der Waals surface area (Å²) in [6, 6.07) is 0. The molecule has 12 heavy (non-hydrogen) atoms. The Labute approximate surface area is 79.6 Å². The average Bonchev–Trinajstić information content (AvgIpc) is 2.47. The van der Waals surface area contributed by atoms with Gasteiger partial charge in [-0.25, -0.2) is 0 Å². The summed E-state index contributed by atoms with van der Waals surface area (Å²) in [6.07, 6.45) is 3.35. The van der Waals surface area contributed by atoms with Crippen LogP contribution in [0.1, 0.15) is 0 Å². The monoisotopic (exact) mass is 234 g/mol. The zero-order valence-corrected chi connectivity index (χ0v) is 8.61. The van der Waals surface area contributed by atoms with E-state index in [0.717, 1.165) is 4.47 Å². The van der Waals surface area contributed by atoms with Gasteiger partial charge in [-0.05, 0) is 15.9 Å². The summed E-state index contributed by atoms with van der Waals surface area (Å²) in [5, 5.41) is 4.06. The van der Waals surface area contributed by atoms with E-state index in [9.17, 15) is 0 Å². The molecular weight excluding hydrogens is 224 g/mol. The zero-order valence-electron chi connectivity index (χ0n) is 7.03. The van der Waals surface area contributed by atoms with Crippen molar-refractivity contribution in [1.82, 2.24) is 9.78 Å². The minimum absolute atomic E-state index is 0.239. The van der Waals surface area contributed by atoms with Crippen LogP contribution in [0, 0.1) is 0 Å². The summed E-state index contributed by atoms with van der Waals surface area (Å²) in [5.41, 5.74) is 0. The molecule has 1 heterocycles. The number of rotatable bonds is 4. The number of hydrogen-bond acceptors (Lipinski definition) is 3. The molecule has 5 heteroatoms. The second-order valence-corrected chi connectivity index (χ2v) is 3.20. The fourth-order valence-corrected chi connectivity index (χ4v) is 1.16. The van der Waals surface area contributed by atoms with Crippen molar-refractivity contribution in [1.29, 1.82) is 0 Å². The topological polar surface area (TPSA) is 36.3 Å². The van der Waals surface area contributed by atoms with Gasteiger partial charge in [0, 0.05) is 20.4 Å². The van der Waals surface area contributed by atoms with Gasteiger partial charge in [0.15, 0.2) is 6.29 Å². The van der Waals surface area contributed by atoms with Crippen molar-refractivity contribution >= 4 is 15.9 Å². The molecule has 0 amide bonds. The molecule has 4 nitrogen and oxygen atoms in total. The van der Waals surface area contributed by atoms with Crippen molar-refractivity contribution in [2.45, 2.75) is 12.8 Å². The van der Waals surface area contributed by atoms with Gasteiger partial charge in [0.25, 0.3) is 0 Å². The summed E-state index contributed by atoms with van der Waals surface area (Å²) in [7, 11) is 3.21. The molecule has 1 aromatic heterocycles. The highest BCUT2D eigenvalue weighted by molar-refractivity contribution is 9.10. The van der Waals surface area contributed by atoms with Crippen molar-refractivity contribution in [2.75, 3.05) is 14.2 Å². The molecule has 0 fully saturated rings. The Morgan fingerprint density at radius 2 is 2.25 bits per heavy atom. The number of hydrogen-bond donors (Lipinski definition) is 0. The number of aromatic nitrogens is 2. The molecule has 0 saturated carbocycles. The summed E-state index contributed by atoms with van der Waals surface area (Å²) in [4.78, 5) is 0. The highest BCUT2D eigenvalue weighted by Crippen LogP contribution is 2.07. The lowest BCUT2D eigenvalue weighted by atomic mass is 10.6. The quantitative estimate of drug-likeness (QED) is 0.737. The van der Waals surface area contributed by atoms with Crippen molar-refractivity contribution < 1.29 is 9.47 Å². The van der Waals surface area contributed by atoms with E-state index < -0.39 is 0 Å². The molecule has 1 rings (SSSR count). The first-order valence-electron chi connectivity index (χ1n) is 3.50. The third-order valence-corrected chi connectivity index (χ3v) is 1.87. The van der Waals surface area contributed by atoms with Crippen LogP contribution in [0.25, 0.3) is 0 Å². The van der Waals surface area contributed by atoms with Crippen LogP contribution in [0.5, 0.6) is 0 Å². The van der Waals surface area contributed by atoms with Crippen LogP contribution in [0.2, 0.25) is 0 Å². The predicted octanol–water partition coefficient (Wildman–Crippen LogP) is 1.26. The Hall–Kier alpha value is -0.390. The van der Waals surface area contributed by atoms with Gasteiger partial charge in [-0.2, -0.15) is 5.10 Å². The van der Waals surface area contributed by atoms with E-state index in [1.807, 2.05) is 6.20 Å². The summed E-state index contributed by atoms with van der Waals surface area (Å²) >= 11 is 3.30. The Morgan fingerprint density at radius 3 is 2.67 bits per heavy atom. The number of nitrogens with zero attached hydrogens (tertiary/aromatic N) is 2. The maximum Gasteiger partial charge on any atom is 0.176 e. The van der Waals surface area contributed by atoms with E-state index in [4.69, 9.17) is 9.47 Å². The van der Waals surface area contributed by atoms with Crippen LogP contribution in [0.15, 0.2) is 16.9 Å². The van der Waals surface area contributed by atoms with Gasteiger partial charge in [-0.1, -0.05) is 0 Å². The lowest BCUT2D eigenvalue weighted by Crippen LogP contribution is -2.20. The summed E-state index contributed by atoms with van der Waals surface area (Å²) in [5.74, 6) is 0. The fourth-order valence-electron chi connectivity index (χ4n) is 0.836. The Balaban J connectivity index is 2.50. The molecule has 0 aliphatic rings. The Bertz CT molecular complexity index is 235. The van der Waals surface area contributed by atoms with E-state index in [1.54, 1.807) is 25.1 Å². The Kier molecular flexibility index (Phi) is 3.71. The van der Waals surface area contributed by atoms with Crippen LogP contribution in [-0.4, -0.2) is 30.3 Å². The second kappa shape index (κ2) is 4.59. The molecular formula is C7H11BrN2O2. The molecule has 0 bridgehead atoms. The van der Waals surface area contributed by atoms with Crippen LogP contribution >= 0.6 is 15.9 Å². The molecule has 0 N–H and O–H groups in total. The van der Waals surface area contributed by atoms with Crippen LogP contribution in [0.3, 0.4) is 0 Å². The first-order chi connectivity index (χ1) is 5.76. The zero-order chi connectivity index (χ0) is 8.97. The van der Waals surface area contributed by atoms with E-state index in [0.29, 0.717) is 6.54 Å². The molecule has 0 aliphatic heterocycles. The molecule has 1 aromatic rings. The van der Waals surface area contributed by atoms with Crippen molar-refractivity contribution in [2.24, 2.45) is 0 Å². The highest BCUT2D eigenvalue weighted by Gasteiger charge is 2.06. The van der Waals surface area contributed by atoms with E-state index in [-0.39, 0.29) is 6.29 Å². The van der Waals surface area contributed by atoms with Gasteiger partial charge in [0.2, 0.25) is 0 Å². The van der Waals surface area contributed by atoms with Crippen molar-refractivity contribution in [3.63, 3.8) is 0 Å². The maximum absolute atomic E-state index is 5.01. The third-order valence-electron chi connectivity index (χ3n) is 1.46.